The molecule has 2 atom stereocenters. The van der Waals surface area contributed by atoms with E-state index in [0.29, 0.717) is 12.5 Å². The highest BCUT2D eigenvalue weighted by Gasteiger charge is 2.22. The molecular formula is C14H19N5O. The van der Waals surface area contributed by atoms with E-state index in [1.54, 1.807) is 4.80 Å². The second-order valence-electron chi connectivity index (χ2n) is 5.29. The lowest BCUT2D eigenvalue weighted by Gasteiger charge is -2.34. The van der Waals surface area contributed by atoms with Gasteiger partial charge < -0.3 is 4.74 Å². The van der Waals surface area contributed by atoms with Crippen molar-refractivity contribution in [2.75, 3.05) is 13.1 Å². The predicted molar refractivity (Wildman–Crippen MR) is 74.8 cm³/mol. The van der Waals surface area contributed by atoms with E-state index in [2.05, 4.69) is 34.2 Å². The second kappa shape index (κ2) is 5.68. The predicted octanol–water partition coefficient (Wildman–Crippen LogP) is 1.41. The highest BCUT2D eigenvalue weighted by Crippen LogP contribution is 2.13. The Bertz CT molecular complexity index is 546. The van der Waals surface area contributed by atoms with Crippen LogP contribution in [0.4, 0.5) is 0 Å². The Morgan fingerprint density at radius 1 is 1.15 bits per heavy atom. The largest absolute Gasteiger partial charge is 0.373 e. The van der Waals surface area contributed by atoms with Gasteiger partial charge in [-0.3, -0.25) is 4.90 Å². The summed E-state index contributed by atoms with van der Waals surface area (Å²) < 4.78 is 5.72. The molecule has 0 amide bonds. The van der Waals surface area contributed by atoms with Crippen LogP contribution in [0.15, 0.2) is 30.3 Å². The fourth-order valence-electron chi connectivity index (χ4n) is 2.58. The number of ether oxygens (including phenoxy) is 1. The number of morpholine rings is 1. The molecule has 6 heteroatoms. The fraction of sp³-hybridized carbons (Fsp3) is 0.500. The Labute approximate surface area is 118 Å². The molecule has 0 bridgehead atoms. The smallest absolute Gasteiger partial charge is 0.204 e. The lowest BCUT2D eigenvalue weighted by molar-refractivity contribution is -0.0788. The number of tetrazole rings is 1. The second-order valence-corrected chi connectivity index (χ2v) is 5.29. The maximum Gasteiger partial charge on any atom is 0.204 e. The van der Waals surface area contributed by atoms with E-state index in [-0.39, 0.29) is 12.2 Å². The summed E-state index contributed by atoms with van der Waals surface area (Å²) in [6.45, 7) is 6.62. The Morgan fingerprint density at radius 3 is 2.55 bits per heavy atom. The van der Waals surface area contributed by atoms with Crippen molar-refractivity contribution in [1.82, 2.24) is 25.1 Å². The van der Waals surface area contributed by atoms with E-state index in [4.69, 9.17) is 4.74 Å². The van der Waals surface area contributed by atoms with Crippen LogP contribution in [0.25, 0.3) is 11.4 Å². The van der Waals surface area contributed by atoms with Crippen molar-refractivity contribution in [2.45, 2.75) is 32.7 Å². The third-order valence-corrected chi connectivity index (χ3v) is 3.31. The third-order valence-electron chi connectivity index (χ3n) is 3.31. The topological polar surface area (TPSA) is 56.1 Å². The normalized spacial score (nSPS) is 23.9. The van der Waals surface area contributed by atoms with Crippen molar-refractivity contribution in [3.8, 4) is 11.4 Å². The van der Waals surface area contributed by atoms with Crippen molar-refractivity contribution in [3.63, 3.8) is 0 Å². The molecule has 1 aliphatic heterocycles. The zero-order chi connectivity index (χ0) is 13.9. The van der Waals surface area contributed by atoms with Crippen LogP contribution in [-0.4, -0.2) is 50.4 Å². The van der Waals surface area contributed by atoms with Gasteiger partial charge in [0.15, 0.2) is 0 Å². The van der Waals surface area contributed by atoms with Crippen LogP contribution in [0.3, 0.4) is 0 Å². The van der Waals surface area contributed by atoms with Gasteiger partial charge in [-0.1, -0.05) is 30.3 Å². The van der Waals surface area contributed by atoms with Crippen LogP contribution in [0.2, 0.25) is 0 Å². The third kappa shape index (κ3) is 3.02. The molecule has 0 N–H and O–H groups in total. The summed E-state index contributed by atoms with van der Waals surface area (Å²) in [6, 6.07) is 9.90. The van der Waals surface area contributed by atoms with Gasteiger partial charge in [0.2, 0.25) is 5.82 Å². The van der Waals surface area contributed by atoms with E-state index in [1.807, 2.05) is 30.3 Å². The molecule has 2 aromatic rings. The summed E-state index contributed by atoms with van der Waals surface area (Å²) >= 11 is 0. The van der Waals surface area contributed by atoms with Crippen LogP contribution in [0, 0.1) is 0 Å². The summed E-state index contributed by atoms with van der Waals surface area (Å²) in [4.78, 5) is 3.93. The van der Waals surface area contributed by atoms with Gasteiger partial charge in [0.05, 0.1) is 12.2 Å². The minimum atomic E-state index is 0.246. The number of aromatic nitrogens is 4. The van der Waals surface area contributed by atoms with Crippen LogP contribution in [0.1, 0.15) is 13.8 Å². The summed E-state index contributed by atoms with van der Waals surface area (Å²) in [7, 11) is 0. The van der Waals surface area contributed by atoms with Gasteiger partial charge in [0.25, 0.3) is 0 Å². The Balaban J connectivity index is 1.68. The van der Waals surface area contributed by atoms with Gasteiger partial charge in [0.1, 0.15) is 6.67 Å². The molecular weight excluding hydrogens is 254 g/mol. The Kier molecular flexibility index (Phi) is 3.75. The lowest BCUT2D eigenvalue weighted by atomic mass is 10.2. The molecule has 20 heavy (non-hydrogen) atoms. The maximum atomic E-state index is 5.72. The standard InChI is InChI=1S/C14H19N5O/c1-11-8-18(9-12(2)20-11)10-19-16-14(15-17-19)13-6-4-3-5-7-13/h3-7,11-12H,8-10H2,1-2H3/t11-,12-/m1/s1. The minimum Gasteiger partial charge on any atom is -0.373 e. The first-order chi connectivity index (χ1) is 9.70. The number of hydrogen-bond acceptors (Lipinski definition) is 5. The molecule has 6 nitrogen and oxygen atoms in total. The van der Waals surface area contributed by atoms with Crippen molar-refractivity contribution < 1.29 is 4.74 Å². The zero-order valence-electron chi connectivity index (χ0n) is 11.8. The minimum absolute atomic E-state index is 0.246. The van der Waals surface area contributed by atoms with E-state index in [0.717, 1.165) is 18.7 Å². The molecule has 106 valence electrons. The van der Waals surface area contributed by atoms with Gasteiger partial charge in [-0.05, 0) is 19.1 Å². The number of nitrogens with zero attached hydrogens (tertiary/aromatic N) is 5. The molecule has 1 aliphatic rings. The summed E-state index contributed by atoms with van der Waals surface area (Å²) in [5.74, 6) is 0.667. The SMILES string of the molecule is C[C@@H]1CN(Cn2nnc(-c3ccccc3)n2)C[C@@H](C)O1. The quantitative estimate of drug-likeness (QED) is 0.846. The van der Waals surface area contributed by atoms with E-state index < -0.39 is 0 Å². The first-order valence-electron chi connectivity index (χ1n) is 6.92. The van der Waals surface area contributed by atoms with Gasteiger partial charge >= 0.3 is 0 Å². The highest BCUT2D eigenvalue weighted by molar-refractivity contribution is 5.52. The zero-order valence-corrected chi connectivity index (χ0v) is 11.8. The molecule has 0 aliphatic carbocycles. The maximum absolute atomic E-state index is 5.72. The van der Waals surface area contributed by atoms with Crippen LogP contribution in [-0.2, 0) is 11.4 Å². The van der Waals surface area contributed by atoms with Crippen molar-refractivity contribution in [2.24, 2.45) is 0 Å². The van der Waals surface area contributed by atoms with Crippen molar-refractivity contribution in [1.29, 1.82) is 0 Å². The molecule has 3 rings (SSSR count). The van der Waals surface area contributed by atoms with E-state index in [1.165, 1.54) is 0 Å². The fourth-order valence-corrected chi connectivity index (χ4v) is 2.58. The molecule has 1 fully saturated rings. The molecule has 2 heterocycles. The van der Waals surface area contributed by atoms with Gasteiger partial charge in [-0.2, -0.15) is 0 Å². The molecule has 1 aromatic carbocycles. The monoisotopic (exact) mass is 273 g/mol. The van der Waals surface area contributed by atoms with Crippen LogP contribution >= 0.6 is 0 Å². The lowest BCUT2D eigenvalue weighted by Crippen LogP contribution is -2.46. The average Bonchev–Trinajstić information content (AvgIpc) is 2.87. The highest BCUT2D eigenvalue weighted by atomic mass is 16.5. The van der Waals surface area contributed by atoms with Gasteiger partial charge in [-0.25, -0.2) is 0 Å². The van der Waals surface area contributed by atoms with Crippen molar-refractivity contribution >= 4 is 0 Å². The average molecular weight is 273 g/mol. The molecule has 0 saturated carbocycles. The number of benzene rings is 1. The van der Waals surface area contributed by atoms with E-state index in [9.17, 15) is 0 Å². The van der Waals surface area contributed by atoms with Crippen molar-refractivity contribution in [3.05, 3.63) is 30.3 Å². The summed E-state index contributed by atoms with van der Waals surface area (Å²) in [6.07, 6.45) is 0.492. The first kappa shape index (κ1) is 13.2. The Morgan fingerprint density at radius 2 is 1.85 bits per heavy atom. The number of hydrogen-bond donors (Lipinski definition) is 0. The summed E-state index contributed by atoms with van der Waals surface area (Å²) in [5, 5.41) is 12.7. The van der Waals surface area contributed by atoms with Crippen LogP contribution in [0.5, 0.6) is 0 Å². The summed E-state index contributed by atoms with van der Waals surface area (Å²) in [5.41, 5.74) is 0.988. The Hall–Kier alpha value is -1.79. The molecule has 1 aromatic heterocycles. The van der Waals surface area contributed by atoms with Gasteiger partial charge in [-0.15, -0.1) is 15.0 Å². The number of rotatable bonds is 3. The van der Waals surface area contributed by atoms with Crippen LogP contribution < -0.4 is 0 Å². The first-order valence-corrected chi connectivity index (χ1v) is 6.92. The molecule has 0 unspecified atom stereocenters. The molecule has 1 saturated heterocycles. The van der Waals surface area contributed by atoms with Gasteiger partial charge in [0, 0.05) is 18.7 Å². The van der Waals surface area contributed by atoms with E-state index >= 15 is 0 Å². The molecule has 0 radical (unpaired) electrons. The molecule has 0 spiro atoms.